The lowest BCUT2D eigenvalue weighted by molar-refractivity contribution is -0.464. The van der Waals surface area contributed by atoms with Gasteiger partial charge >= 0.3 is 0 Å². The summed E-state index contributed by atoms with van der Waals surface area (Å²) in [6, 6.07) is 0. The molecule has 0 aromatic rings. The van der Waals surface area contributed by atoms with Crippen molar-refractivity contribution in [1.29, 1.82) is 0 Å². The number of hydrazone groups is 1. The van der Waals surface area contributed by atoms with E-state index in [2.05, 4.69) is 5.10 Å². The molecule has 0 aromatic carbocycles. The van der Waals surface area contributed by atoms with Crippen LogP contribution in [0, 0.1) is 15.5 Å². The van der Waals surface area contributed by atoms with Crippen LogP contribution < -0.4 is 0 Å². The maximum absolute atomic E-state index is 10.3. The summed E-state index contributed by atoms with van der Waals surface area (Å²) in [6.45, 7) is 5.55. The molecule has 13 heavy (non-hydrogen) atoms. The molecule has 0 unspecified atom stereocenters. The van der Waals surface area contributed by atoms with Gasteiger partial charge in [0, 0.05) is 24.4 Å². The Morgan fingerprint density at radius 1 is 1.46 bits per heavy atom. The Kier molecular flexibility index (Phi) is 3.84. The van der Waals surface area contributed by atoms with Crippen LogP contribution >= 0.6 is 0 Å². The molecule has 0 aliphatic heterocycles. The molecular weight excluding hydrogens is 170 g/mol. The van der Waals surface area contributed by atoms with E-state index in [0.29, 0.717) is 5.71 Å². The molecule has 0 rings (SSSR count). The highest BCUT2D eigenvalue weighted by Crippen LogP contribution is 2.16. The second-order valence-electron chi connectivity index (χ2n) is 4.13. The van der Waals surface area contributed by atoms with Crippen molar-refractivity contribution < 1.29 is 4.92 Å². The van der Waals surface area contributed by atoms with Gasteiger partial charge in [0.2, 0.25) is 6.54 Å². The fourth-order valence-corrected chi connectivity index (χ4v) is 0.782. The molecular formula is C8H17N3O2. The van der Waals surface area contributed by atoms with Gasteiger partial charge < -0.3 is 5.01 Å². The van der Waals surface area contributed by atoms with E-state index in [9.17, 15) is 10.1 Å². The van der Waals surface area contributed by atoms with Crippen molar-refractivity contribution in [2.24, 2.45) is 10.5 Å². The van der Waals surface area contributed by atoms with Gasteiger partial charge in [0.15, 0.2) is 0 Å². The minimum Gasteiger partial charge on any atom is -0.303 e. The van der Waals surface area contributed by atoms with Crippen LogP contribution in [0.25, 0.3) is 0 Å². The molecule has 76 valence electrons. The van der Waals surface area contributed by atoms with Gasteiger partial charge in [0.05, 0.1) is 0 Å². The molecule has 0 heterocycles. The van der Waals surface area contributed by atoms with Gasteiger partial charge in [-0.3, -0.25) is 10.1 Å². The molecule has 0 aliphatic rings. The summed E-state index contributed by atoms with van der Waals surface area (Å²) >= 11 is 0. The van der Waals surface area contributed by atoms with Gasteiger partial charge in [-0.25, -0.2) is 0 Å². The van der Waals surface area contributed by atoms with E-state index in [0.717, 1.165) is 0 Å². The number of nitro groups is 1. The van der Waals surface area contributed by atoms with Crippen LogP contribution in [-0.2, 0) is 0 Å². The Labute approximate surface area is 78.6 Å². The van der Waals surface area contributed by atoms with Crippen molar-refractivity contribution in [1.82, 2.24) is 5.01 Å². The maximum atomic E-state index is 10.3. The van der Waals surface area contributed by atoms with Crippen LogP contribution in [0.4, 0.5) is 0 Å². The van der Waals surface area contributed by atoms with Crippen LogP contribution in [0.1, 0.15) is 20.8 Å². The van der Waals surface area contributed by atoms with Crippen molar-refractivity contribution in [3.05, 3.63) is 10.1 Å². The lowest BCUT2D eigenvalue weighted by atomic mass is 9.90. The minimum atomic E-state index is -0.354. The Morgan fingerprint density at radius 2 is 1.92 bits per heavy atom. The van der Waals surface area contributed by atoms with Crippen LogP contribution in [0.3, 0.4) is 0 Å². The third kappa shape index (κ3) is 5.16. The minimum absolute atomic E-state index is 0.193. The van der Waals surface area contributed by atoms with Crippen LogP contribution in [-0.4, -0.2) is 36.3 Å². The molecule has 0 N–H and O–H groups in total. The SMILES string of the molecule is CN(C)/N=C(/C[N+](=O)[O-])C(C)(C)C. The van der Waals surface area contributed by atoms with Gasteiger partial charge in [-0.15, -0.1) is 0 Å². The van der Waals surface area contributed by atoms with Gasteiger partial charge in [-0.1, -0.05) is 20.8 Å². The molecule has 0 fully saturated rings. The van der Waals surface area contributed by atoms with Crippen LogP contribution in [0.2, 0.25) is 0 Å². The molecule has 0 aliphatic carbocycles. The number of rotatable bonds is 3. The second kappa shape index (κ2) is 4.20. The fourth-order valence-electron chi connectivity index (χ4n) is 0.782. The predicted octanol–water partition coefficient (Wildman–Crippen LogP) is 1.23. The molecule has 0 saturated heterocycles. The van der Waals surface area contributed by atoms with E-state index in [1.54, 1.807) is 19.1 Å². The standard InChI is InChI=1S/C8H17N3O2/c1-8(2,3)7(6-11(12)13)9-10(4)5/h6H2,1-5H3/b9-7-. The third-order valence-corrected chi connectivity index (χ3v) is 1.47. The summed E-state index contributed by atoms with van der Waals surface area (Å²) in [4.78, 5) is 9.99. The summed E-state index contributed by atoms with van der Waals surface area (Å²) in [5.41, 5.74) is 0.333. The van der Waals surface area contributed by atoms with E-state index in [1.807, 2.05) is 20.8 Å². The fraction of sp³-hybridized carbons (Fsp3) is 0.875. The van der Waals surface area contributed by atoms with Crippen LogP contribution in [0.15, 0.2) is 5.10 Å². The third-order valence-electron chi connectivity index (χ3n) is 1.47. The van der Waals surface area contributed by atoms with E-state index >= 15 is 0 Å². The van der Waals surface area contributed by atoms with E-state index < -0.39 is 0 Å². The molecule has 5 heteroatoms. The van der Waals surface area contributed by atoms with Crippen LogP contribution in [0.5, 0.6) is 0 Å². The normalized spacial score (nSPS) is 12.8. The van der Waals surface area contributed by atoms with Crippen molar-refractivity contribution >= 4 is 5.71 Å². The highest BCUT2D eigenvalue weighted by molar-refractivity contribution is 5.89. The van der Waals surface area contributed by atoms with E-state index in [1.165, 1.54) is 0 Å². The molecule has 0 atom stereocenters. The van der Waals surface area contributed by atoms with Gasteiger partial charge in [0.25, 0.3) is 0 Å². The summed E-state index contributed by atoms with van der Waals surface area (Å²) in [5.74, 6) is 0. The first-order valence-corrected chi connectivity index (χ1v) is 4.10. The maximum Gasteiger partial charge on any atom is 0.243 e. The van der Waals surface area contributed by atoms with Gasteiger partial charge in [-0.05, 0) is 0 Å². The molecule has 0 spiro atoms. The van der Waals surface area contributed by atoms with Crippen molar-refractivity contribution in [3.63, 3.8) is 0 Å². The quantitative estimate of drug-likeness (QED) is 0.379. The Bertz CT molecular complexity index is 216. The average Bonchev–Trinajstić information content (AvgIpc) is 1.81. The number of nitrogens with zero attached hydrogens (tertiary/aromatic N) is 3. The van der Waals surface area contributed by atoms with E-state index in [-0.39, 0.29) is 16.9 Å². The molecule has 5 nitrogen and oxygen atoms in total. The monoisotopic (exact) mass is 187 g/mol. The van der Waals surface area contributed by atoms with Gasteiger partial charge in [-0.2, -0.15) is 5.10 Å². The smallest absolute Gasteiger partial charge is 0.243 e. The highest BCUT2D eigenvalue weighted by Gasteiger charge is 2.23. The van der Waals surface area contributed by atoms with Crippen molar-refractivity contribution in [2.45, 2.75) is 20.8 Å². The predicted molar refractivity (Wildman–Crippen MR) is 52.4 cm³/mol. The first-order valence-electron chi connectivity index (χ1n) is 4.10. The van der Waals surface area contributed by atoms with Crippen molar-refractivity contribution in [2.75, 3.05) is 20.6 Å². The van der Waals surface area contributed by atoms with Gasteiger partial charge in [0.1, 0.15) is 5.71 Å². The highest BCUT2D eigenvalue weighted by atomic mass is 16.6. The first kappa shape index (κ1) is 11.9. The lowest BCUT2D eigenvalue weighted by Crippen LogP contribution is -2.30. The topological polar surface area (TPSA) is 58.7 Å². The largest absolute Gasteiger partial charge is 0.303 e. The second-order valence-corrected chi connectivity index (χ2v) is 4.13. The Balaban J connectivity index is 4.66. The Morgan fingerprint density at radius 3 is 2.15 bits per heavy atom. The summed E-state index contributed by atoms with van der Waals surface area (Å²) in [7, 11) is 3.51. The average molecular weight is 187 g/mol. The number of hydrogen-bond donors (Lipinski definition) is 0. The summed E-state index contributed by atoms with van der Waals surface area (Å²) in [6.07, 6.45) is 0. The lowest BCUT2D eigenvalue weighted by Gasteiger charge is -2.20. The van der Waals surface area contributed by atoms with Crippen molar-refractivity contribution in [3.8, 4) is 0 Å². The first-order chi connectivity index (χ1) is 5.73. The zero-order valence-corrected chi connectivity index (χ0v) is 8.87. The number of hydrogen-bond acceptors (Lipinski definition) is 4. The van der Waals surface area contributed by atoms with E-state index in [4.69, 9.17) is 0 Å². The molecule has 0 amide bonds. The summed E-state index contributed by atoms with van der Waals surface area (Å²) in [5, 5.41) is 16.0. The molecule has 0 saturated carbocycles. The molecule has 0 bridgehead atoms. The summed E-state index contributed by atoms with van der Waals surface area (Å²) < 4.78 is 0. The zero-order chi connectivity index (χ0) is 10.6. The molecule has 0 radical (unpaired) electrons. The Hall–Kier alpha value is -1.13. The zero-order valence-electron chi connectivity index (χ0n) is 8.87. The molecule has 0 aromatic heterocycles.